The number of esters is 1. The number of hydrogen-bond acceptors (Lipinski definition) is 7. The van der Waals surface area contributed by atoms with Crippen LogP contribution in [0.4, 0.5) is 5.95 Å². The predicted octanol–water partition coefficient (Wildman–Crippen LogP) is 1.71. The number of ether oxygens (including phenoxy) is 1. The van der Waals surface area contributed by atoms with Crippen LogP contribution in [0.2, 0.25) is 5.02 Å². The number of nitrogens with one attached hydrogen (secondary N) is 2. The second kappa shape index (κ2) is 8.81. The monoisotopic (exact) mass is 480 g/mol. The van der Waals surface area contributed by atoms with E-state index in [1.54, 1.807) is 41.0 Å². The van der Waals surface area contributed by atoms with Gasteiger partial charge in [0.05, 0.1) is 29.1 Å². The third-order valence-corrected chi connectivity index (χ3v) is 6.03. The van der Waals surface area contributed by atoms with Crippen molar-refractivity contribution in [2.45, 2.75) is 0 Å². The first-order valence-electron chi connectivity index (χ1n) is 10.7. The molecule has 0 atom stereocenters. The second-order valence-corrected chi connectivity index (χ2v) is 8.15. The molecular weight excluding hydrogens is 460 g/mol. The van der Waals surface area contributed by atoms with Crippen molar-refractivity contribution >= 4 is 34.7 Å². The molecule has 10 nitrogen and oxygen atoms in total. The minimum absolute atomic E-state index is 0.157. The average molecular weight is 481 g/mol. The summed E-state index contributed by atoms with van der Waals surface area (Å²) in [4.78, 5) is 47.4. The number of halogens is 1. The van der Waals surface area contributed by atoms with E-state index in [0.717, 1.165) is 13.1 Å². The summed E-state index contributed by atoms with van der Waals surface area (Å²) in [5.41, 5.74) is 0.265. The van der Waals surface area contributed by atoms with E-state index in [1.807, 2.05) is 11.0 Å². The smallest absolute Gasteiger partial charge is 0.337 e. The molecule has 1 aliphatic rings. The standard InChI is InChI=1S/C23H21ClN6O4/c1-34-21(32)14-5-4-6-15(13-14)29-19-18(20(31)27-23(29)33)30(17-8-3-2-7-16(17)24)22(26-19)28-11-9-25-10-12-28/h2-8,13,25H,9-12H2,1H3,(H,27,31,33). The first-order valence-corrected chi connectivity index (χ1v) is 11.0. The Morgan fingerprint density at radius 2 is 1.82 bits per heavy atom. The molecule has 1 saturated heterocycles. The summed E-state index contributed by atoms with van der Waals surface area (Å²) >= 11 is 6.53. The lowest BCUT2D eigenvalue weighted by molar-refractivity contribution is 0.0600. The molecule has 0 bridgehead atoms. The van der Waals surface area contributed by atoms with Gasteiger partial charge in [-0.25, -0.2) is 14.2 Å². The van der Waals surface area contributed by atoms with Gasteiger partial charge in [0, 0.05) is 26.2 Å². The van der Waals surface area contributed by atoms with Gasteiger partial charge >= 0.3 is 11.7 Å². The summed E-state index contributed by atoms with van der Waals surface area (Å²) in [5.74, 6) is -0.0442. The molecule has 2 N–H and O–H groups in total. The Bertz CT molecular complexity index is 1520. The maximum absolute atomic E-state index is 13.1. The number of aromatic nitrogens is 4. The van der Waals surface area contributed by atoms with Crippen LogP contribution in [0.25, 0.3) is 22.5 Å². The van der Waals surface area contributed by atoms with E-state index in [2.05, 4.69) is 10.3 Å². The van der Waals surface area contributed by atoms with Crippen LogP contribution in [0.5, 0.6) is 0 Å². The number of H-pyrrole nitrogens is 1. The number of fused-ring (bicyclic) bond motifs is 1. The highest BCUT2D eigenvalue weighted by molar-refractivity contribution is 6.32. The van der Waals surface area contributed by atoms with Crippen LogP contribution in [-0.2, 0) is 4.74 Å². The number of aromatic amines is 1. The van der Waals surface area contributed by atoms with E-state index in [0.29, 0.717) is 35.4 Å². The second-order valence-electron chi connectivity index (χ2n) is 7.74. The lowest BCUT2D eigenvalue weighted by atomic mass is 10.2. The highest BCUT2D eigenvalue weighted by atomic mass is 35.5. The molecule has 174 valence electrons. The fraction of sp³-hybridized carbons (Fsp3) is 0.217. The lowest BCUT2D eigenvalue weighted by Gasteiger charge is -2.28. The number of rotatable bonds is 4. The number of piperazine rings is 1. The number of carbonyl (C=O) groups is 1. The molecule has 2 aromatic carbocycles. The molecule has 3 heterocycles. The Hall–Kier alpha value is -3.89. The van der Waals surface area contributed by atoms with E-state index in [4.69, 9.17) is 21.3 Å². The molecule has 4 aromatic rings. The summed E-state index contributed by atoms with van der Waals surface area (Å²) in [5, 5.41) is 3.73. The van der Waals surface area contributed by atoms with Gasteiger partial charge in [0.15, 0.2) is 11.2 Å². The Labute approximate surface area is 198 Å². The van der Waals surface area contributed by atoms with Crippen LogP contribution in [0, 0.1) is 0 Å². The average Bonchev–Trinajstić information content (AvgIpc) is 3.25. The van der Waals surface area contributed by atoms with E-state index < -0.39 is 17.2 Å². The van der Waals surface area contributed by atoms with Gasteiger partial charge in [-0.15, -0.1) is 0 Å². The zero-order valence-electron chi connectivity index (χ0n) is 18.2. The topological polar surface area (TPSA) is 114 Å². The van der Waals surface area contributed by atoms with Crippen LogP contribution in [0.1, 0.15) is 10.4 Å². The molecule has 0 saturated carbocycles. The molecule has 0 radical (unpaired) electrons. The molecule has 1 aliphatic heterocycles. The SMILES string of the molecule is COC(=O)c1cccc(-n2c(=O)[nH]c(=O)c3c2nc(N2CCNCC2)n3-c2ccccc2Cl)c1. The summed E-state index contributed by atoms with van der Waals surface area (Å²) in [6.07, 6.45) is 0. The van der Waals surface area contributed by atoms with Crippen molar-refractivity contribution in [3.05, 3.63) is 80.0 Å². The zero-order chi connectivity index (χ0) is 23.8. The molecule has 11 heteroatoms. The van der Waals surface area contributed by atoms with E-state index in [1.165, 1.54) is 17.7 Å². The normalized spacial score (nSPS) is 13.9. The van der Waals surface area contributed by atoms with Gasteiger partial charge < -0.3 is 15.0 Å². The highest BCUT2D eigenvalue weighted by Crippen LogP contribution is 2.30. The first-order chi connectivity index (χ1) is 16.5. The maximum Gasteiger partial charge on any atom is 0.337 e. The summed E-state index contributed by atoms with van der Waals surface area (Å²) < 4.78 is 7.77. The van der Waals surface area contributed by atoms with Crippen LogP contribution >= 0.6 is 11.6 Å². The number of nitrogens with zero attached hydrogens (tertiary/aromatic N) is 4. The first kappa shape index (κ1) is 21.9. The number of methoxy groups -OCH3 is 1. The van der Waals surface area contributed by atoms with Gasteiger partial charge in [0.25, 0.3) is 5.56 Å². The molecule has 0 spiro atoms. The van der Waals surface area contributed by atoms with Crippen LogP contribution in [-0.4, -0.2) is 58.4 Å². The lowest BCUT2D eigenvalue weighted by Crippen LogP contribution is -2.44. The molecule has 34 heavy (non-hydrogen) atoms. The van der Waals surface area contributed by atoms with Crippen molar-refractivity contribution in [1.29, 1.82) is 0 Å². The summed E-state index contributed by atoms with van der Waals surface area (Å²) in [7, 11) is 1.28. The van der Waals surface area contributed by atoms with Gasteiger partial charge in [-0.05, 0) is 30.3 Å². The number of benzene rings is 2. The van der Waals surface area contributed by atoms with Gasteiger partial charge in [0.2, 0.25) is 5.95 Å². The van der Waals surface area contributed by atoms with Crippen molar-refractivity contribution in [3.8, 4) is 11.4 Å². The molecule has 0 amide bonds. The van der Waals surface area contributed by atoms with Crippen molar-refractivity contribution in [1.82, 2.24) is 24.4 Å². The van der Waals surface area contributed by atoms with Crippen molar-refractivity contribution < 1.29 is 9.53 Å². The Kier molecular flexibility index (Phi) is 5.68. The van der Waals surface area contributed by atoms with E-state index in [9.17, 15) is 14.4 Å². The van der Waals surface area contributed by atoms with Crippen LogP contribution in [0.15, 0.2) is 58.1 Å². The third kappa shape index (κ3) is 3.66. The third-order valence-electron chi connectivity index (χ3n) is 5.71. The Morgan fingerprint density at radius 1 is 1.06 bits per heavy atom. The van der Waals surface area contributed by atoms with Gasteiger partial charge in [-0.2, -0.15) is 4.98 Å². The van der Waals surface area contributed by atoms with Gasteiger partial charge in [-0.3, -0.25) is 14.3 Å². The number of hydrogen-bond donors (Lipinski definition) is 2. The Morgan fingerprint density at radius 3 is 2.56 bits per heavy atom. The van der Waals surface area contributed by atoms with Crippen LogP contribution < -0.4 is 21.5 Å². The molecule has 0 unspecified atom stereocenters. The van der Waals surface area contributed by atoms with Crippen molar-refractivity contribution in [2.75, 3.05) is 38.2 Å². The quantitative estimate of drug-likeness (QED) is 0.427. The molecule has 2 aromatic heterocycles. The predicted molar refractivity (Wildman–Crippen MR) is 129 cm³/mol. The molecule has 1 fully saturated rings. The zero-order valence-corrected chi connectivity index (χ0v) is 19.0. The number of anilines is 1. The number of carbonyl (C=O) groups excluding carboxylic acids is 1. The highest BCUT2D eigenvalue weighted by Gasteiger charge is 2.26. The minimum Gasteiger partial charge on any atom is -0.465 e. The fourth-order valence-electron chi connectivity index (χ4n) is 4.13. The Balaban J connectivity index is 1.85. The number of imidazole rings is 1. The number of para-hydroxylation sites is 1. The van der Waals surface area contributed by atoms with Gasteiger partial charge in [-0.1, -0.05) is 29.8 Å². The summed E-state index contributed by atoms with van der Waals surface area (Å²) in [6.45, 7) is 2.81. The molecular formula is C23H21ClN6O4. The van der Waals surface area contributed by atoms with Gasteiger partial charge in [0.1, 0.15) is 0 Å². The van der Waals surface area contributed by atoms with Crippen molar-refractivity contribution in [3.63, 3.8) is 0 Å². The van der Waals surface area contributed by atoms with Crippen molar-refractivity contribution in [2.24, 2.45) is 0 Å². The molecule has 0 aliphatic carbocycles. The van der Waals surface area contributed by atoms with E-state index in [-0.39, 0.29) is 16.7 Å². The largest absolute Gasteiger partial charge is 0.465 e. The maximum atomic E-state index is 13.1. The summed E-state index contributed by atoms with van der Waals surface area (Å²) in [6, 6.07) is 13.5. The fourth-order valence-corrected chi connectivity index (χ4v) is 4.35. The molecule has 5 rings (SSSR count). The van der Waals surface area contributed by atoms with Crippen LogP contribution in [0.3, 0.4) is 0 Å². The van der Waals surface area contributed by atoms with E-state index >= 15 is 0 Å². The minimum atomic E-state index is -0.671.